The Morgan fingerprint density at radius 1 is 1.22 bits per heavy atom. The van der Waals surface area contributed by atoms with Crippen LogP contribution in [0, 0.1) is 5.82 Å². The molecule has 0 radical (unpaired) electrons. The molecule has 0 aliphatic carbocycles. The predicted molar refractivity (Wildman–Crippen MR) is 76.6 cm³/mol. The first-order valence-corrected chi connectivity index (χ1v) is 7.25. The maximum atomic E-state index is 13.9. The van der Waals surface area contributed by atoms with Gasteiger partial charge in [0.05, 0.1) is 0 Å². The van der Waals surface area contributed by atoms with Crippen LogP contribution in [0.5, 0.6) is 0 Å². The molecule has 0 amide bonds. The average Bonchev–Trinajstić information content (AvgIpc) is 2.34. The molecule has 1 nitrogen and oxygen atoms in total. The van der Waals surface area contributed by atoms with Gasteiger partial charge in [0.15, 0.2) is 0 Å². The average molecular weight is 272 g/mol. The van der Waals surface area contributed by atoms with E-state index in [1.807, 2.05) is 6.92 Å². The quantitative estimate of drug-likeness (QED) is 0.649. The molecule has 1 aromatic carbocycles. The van der Waals surface area contributed by atoms with Crippen molar-refractivity contribution < 1.29 is 4.39 Å². The number of unbranched alkanes of at least 4 members (excludes halogenated alkanes) is 3. The van der Waals surface area contributed by atoms with Gasteiger partial charge in [0.2, 0.25) is 0 Å². The number of halogens is 2. The van der Waals surface area contributed by atoms with Gasteiger partial charge in [-0.2, -0.15) is 0 Å². The van der Waals surface area contributed by atoms with Gasteiger partial charge in [-0.25, -0.2) is 4.39 Å². The van der Waals surface area contributed by atoms with Crippen LogP contribution in [0.1, 0.15) is 57.6 Å². The summed E-state index contributed by atoms with van der Waals surface area (Å²) in [4.78, 5) is 0. The third-order valence-corrected chi connectivity index (χ3v) is 3.47. The van der Waals surface area contributed by atoms with Crippen molar-refractivity contribution in [2.45, 2.75) is 52.0 Å². The molecule has 0 heterocycles. The van der Waals surface area contributed by atoms with Crippen molar-refractivity contribution in [1.82, 2.24) is 5.32 Å². The molecule has 0 spiro atoms. The lowest BCUT2D eigenvalue weighted by Gasteiger charge is -2.20. The largest absolute Gasteiger partial charge is 0.310 e. The normalized spacial score (nSPS) is 12.7. The van der Waals surface area contributed by atoms with Crippen molar-refractivity contribution in [2.24, 2.45) is 0 Å². The first-order valence-electron chi connectivity index (χ1n) is 6.88. The summed E-state index contributed by atoms with van der Waals surface area (Å²) in [6.45, 7) is 5.05. The van der Waals surface area contributed by atoms with E-state index in [1.165, 1.54) is 25.3 Å². The number of nitrogens with one attached hydrogen (secondary N) is 1. The van der Waals surface area contributed by atoms with Gasteiger partial charge < -0.3 is 5.32 Å². The summed E-state index contributed by atoms with van der Waals surface area (Å²) in [5, 5.41) is 3.86. The Balaban J connectivity index is 2.71. The molecular formula is C15H23ClFN. The maximum Gasteiger partial charge on any atom is 0.129 e. The highest BCUT2D eigenvalue weighted by atomic mass is 35.5. The lowest BCUT2D eigenvalue weighted by Crippen LogP contribution is -2.22. The predicted octanol–water partition coefficient (Wildman–Crippen LogP) is 5.10. The maximum absolute atomic E-state index is 13.9. The Morgan fingerprint density at radius 2 is 2.00 bits per heavy atom. The van der Waals surface area contributed by atoms with Crippen LogP contribution in [-0.2, 0) is 0 Å². The van der Waals surface area contributed by atoms with Gasteiger partial charge >= 0.3 is 0 Å². The van der Waals surface area contributed by atoms with Crippen LogP contribution in [-0.4, -0.2) is 6.54 Å². The summed E-state index contributed by atoms with van der Waals surface area (Å²) in [5.74, 6) is -0.205. The third-order valence-electron chi connectivity index (χ3n) is 3.15. The SMILES string of the molecule is CCCCCCC(NCC)c1c(F)cccc1Cl. The summed E-state index contributed by atoms with van der Waals surface area (Å²) in [5.41, 5.74) is 0.623. The number of rotatable bonds is 8. The summed E-state index contributed by atoms with van der Waals surface area (Å²) in [7, 11) is 0. The molecule has 0 aliphatic rings. The minimum Gasteiger partial charge on any atom is -0.310 e. The fourth-order valence-corrected chi connectivity index (χ4v) is 2.51. The first-order chi connectivity index (χ1) is 8.70. The van der Waals surface area contributed by atoms with Gasteiger partial charge in [-0.15, -0.1) is 0 Å². The van der Waals surface area contributed by atoms with Crippen LogP contribution in [0.4, 0.5) is 4.39 Å². The van der Waals surface area contributed by atoms with Crippen LogP contribution < -0.4 is 5.32 Å². The van der Waals surface area contributed by atoms with E-state index in [-0.39, 0.29) is 11.9 Å². The van der Waals surface area contributed by atoms with Crippen LogP contribution in [0.25, 0.3) is 0 Å². The van der Waals surface area contributed by atoms with Gasteiger partial charge in [0.25, 0.3) is 0 Å². The number of hydrogen-bond donors (Lipinski definition) is 1. The fourth-order valence-electron chi connectivity index (χ4n) is 2.21. The van der Waals surface area contributed by atoms with Gasteiger partial charge in [0.1, 0.15) is 5.82 Å². The summed E-state index contributed by atoms with van der Waals surface area (Å²) in [6, 6.07) is 4.93. The highest BCUT2D eigenvalue weighted by Gasteiger charge is 2.17. The Hall–Kier alpha value is -0.600. The Morgan fingerprint density at radius 3 is 2.61 bits per heavy atom. The van der Waals surface area contributed by atoms with E-state index < -0.39 is 0 Å². The zero-order chi connectivity index (χ0) is 13.4. The van der Waals surface area contributed by atoms with Crippen molar-refractivity contribution >= 4 is 11.6 Å². The molecule has 1 aromatic rings. The van der Waals surface area contributed by atoms with Crippen LogP contribution >= 0.6 is 11.6 Å². The fraction of sp³-hybridized carbons (Fsp3) is 0.600. The van der Waals surface area contributed by atoms with E-state index in [1.54, 1.807) is 12.1 Å². The second-order valence-electron chi connectivity index (χ2n) is 4.59. The summed E-state index contributed by atoms with van der Waals surface area (Å²) < 4.78 is 13.9. The zero-order valence-electron chi connectivity index (χ0n) is 11.3. The molecule has 1 atom stereocenters. The second kappa shape index (κ2) is 8.49. The highest BCUT2D eigenvalue weighted by molar-refractivity contribution is 6.31. The lowest BCUT2D eigenvalue weighted by molar-refractivity contribution is 0.461. The molecule has 0 aromatic heterocycles. The molecule has 0 saturated carbocycles. The van der Waals surface area contributed by atoms with Crippen molar-refractivity contribution in [3.05, 3.63) is 34.6 Å². The van der Waals surface area contributed by atoms with Crippen molar-refractivity contribution in [3.8, 4) is 0 Å². The van der Waals surface area contributed by atoms with E-state index in [4.69, 9.17) is 11.6 Å². The molecule has 102 valence electrons. The minimum absolute atomic E-state index is 0.0283. The monoisotopic (exact) mass is 271 g/mol. The smallest absolute Gasteiger partial charge is 0.129 e. The summed E-state index contributed by atoms with van der Waals surface area (Å²) in [6.07, 6.45) is 5.70. The van der Waals surface area contributed by atoms with Gasteiger partial charge in [-0.1, -0.05) is 57.2 Å². The lowest BCUT2D eigenvalue weighted by atomic mass is 9.99. The molecule has 0 bridgehead atoms. The molecule has 18 heavy (non-hydrogen) atoms. The highest BCUT2D eigenvalue weighted by Crippen LogP contribution is 2.29. The van der Waals surface area contributed by atoms with Crippen molar-refractivity contribution in [3.63, 3.8) is 0 Å². The molecular weight excluding hydrogens is 249 g/mol. The van der Waals surface area contributed by atoms with E-state index in [0.717, 1.165) is 19.4 Å². The first kappa shape index (κ1) is 15.5. The topological polar surface area (TPSA) is 12.0 Å². The van der Waals surface area contributed by atoms with E-state index in [0.29, 0.717) is 10.6 Å². The number of benzene rings is 1. The Kier molecular flexibility index (Phi) is 7.29. The van der Waals surface area contributed by atoms with Crippen LogP contribution in [0.2, 0.25) is 5.02 Å². The van der Waals surface area contributed by atoms with Gasteiger partial charge in [-0.3, -0.25) is 0 Å². The van der Waals surface area contributed by atoms with E-state index in [2.05, 4.69) is 12.2 Å². The Labute approximate surface area is 115 Å². The minimum atomic E-state index is -0.205. The number of hydrogen-bond acceptors (Lipinski definition) is 1. The zero-order valence-corrected chi connectivity index (χ0v) is 12.1. The second-order valence-corrected chi connectivity index (χ2v) is 5.00. The van der Waals surface area contributed by atoms with Gasteiger partial charge in [-0.05, 0) is 25.1 Å². The molecule has 0 saturated heterocycles. The molecule has 3 heteroatoms. The van der Waals surface area contributed by atoms with E-state index in [9.17, 15) is 4.39 Å². The molecule has 1 unspecified atom stereocenters. The standard InChI is InChI=1S/C15H23ClFN/c1-3-5-6-7-11-14(18-4-2)15-12(16)9-8-10-13(15)17/h8-10,14,18H,3-7,11H2,1-2H3. The van der Waals surface area contributed by atoms with Crippen molar-refractivity contribution in [1.29, 1.82) is 0 Å². The van der Waals surface area contributed by atoms with Crippen molar-refractivity contribution in [2.75, 3.05) is 6.54 Å². The summed E-state index contributed by atoms with van der Waals surface area (Å²) >= 11 is 6.12. The van der Waals surface area contributed by atoms with Gasteiger partial charge in [0, 0.05) is 16.6 Å². The van der Waals surface area contributed by atoms with E-state index >= 15 is 0 Å². The molecule has 0 aliphatic heterocycles. The Bertz CT molecular complexity index is 334. The third kappa shape index (κ3) is 4.58. The van der Waals surface area contributed by atoms with Crippen LogP contribution in [0.15, 0.2) is 18.2 Å². The molecule has 1 rings (SSSR count). The molecule has 0 fully saturated rings. The van der Waals surface area contributed by atoms with Crippen LogP contribution in [0.3, 0.4) is 0 Å². The molecule has 1 N–H and O–H groups in total.